The number of benzene rings is 4. The third-order valence-electron chi connectivity index (χ3n) is 24.6. The Labute approximate surface area is 793 Å². The monoisotopic (exact) mass is 1900 g/mol. The van der Waals surface area contributed by atoms with Gasteiger partial charge in [-0.25, -0.2) is 23.9 Å². The first-order valence-electron chi connectivity index (χ1n) is 46.3. The molecule has 13 amide bonds. The molecule has 37 nitrogen and oxygen atoms in total. The van der Waals surface area contributed by atoms with Gasteiger partial charge in [-0.05, 0) is 148 Å². The number of pyridine rings is 1. The average molecular weight is 1900 g/mol. The lowest BCUT2D eigenvalue weighted by Gasteiger charge is -2.40. The fourth-order valence-corrected chi connectivity index (χ4v) is 17.2. The van der Waals surface area contributed by atoms with E-state index in [9.17, 15) is 72.5 Å². The lowest BCUT2D eigenvalue weighted by molar-refractivity contribution is -0.146. The van der Waals surface area contributed by atoms with E-state index in [4.69, 9.17) is 47.2 Å². The van der Waals surface area contributed by atoms with Crippen LogP contribution < -0.4 is 69.5 Å². The lowest BCUT2D eigenvalue weighted by Crippen LogP contribution is -2.60. The number of nitrogens with zero attached hydrogens (tertiary/aromatic N) is 6. The van der Waals surface area contributed by atoms with Gasteiger partial charge in [0.1, 0.15) is 54.3 Å². The number of amides is 13. The van der Waals surface area contributed by atoms with Crippen LogP contribution in [0.25, 0.3) is 33.5 Å². The zero-order valence-corrected chi connectivity index (χ0v) is 80.7. The Bertz CT molecular complexity index is 5060. The molecule has 12 atom stereocenters. The number of likely N-dealkylation sites (tertiary alicyclic amines) is 1. The fourth-order valence-electron chi connectivity index (χ4n) is 17.0. The van der Waals surface area contributed by atoms with E-state index >= 15 is 4.39 Å². The molecule has 0 spiro atoms. The Balaban J connectivity index is 0.844. The van der Waals surface area contributed by atoms with E-state index in [-0.39, 0.29) is 117 Å². The fraction of sp³-hybridized carbons (Fsp3) is 0.552. The second-order valence-corrected chi connectivity index (χ2v) is 36.4. The number of hydrogen-bond acceptors (Lipinski definition) is 22. The zero-order valence-electron chi connectivity index (χ0n) is 80.0. The van der Waals surface area contributed by atoms with Crippen LogP contribution in [0.5, 0.6) is 0 Å². The number of fused-ring (bicyclic) bond motifs is 1. The number of urea groups is 1. The van der Waals surface area contributed by atoms with E-state index in [0.29, 0.717) is 102 Å². The van der Waals surface area contributed by atoms with Crippen LogP contribution in [0.3, 0.4) is 0 Å². The van der Waals surface area contributed by atoms with Gasteiger partial charge in [0.2, 0.25) is 53.2 Å². The third kappa shape index (κ3) is 31.2. The number of nitrogens with one attached hydrogen (secondary N) is 11. The topological polar surface area (TPSA) is 517 Å². The molecule has 6 aromatic rings. The second-order valence-electron chi connectivity index (χ2n) is 36.0. The first kappa shape index (κ1) is 108. The minimum Gasteiger partial charge on any atom is -0.481 e. The normalized spacial score (nSPS) is 15.9. The summed E-state index contributed by atoms with van der Waals surface area (Å²) >= 11 is 6.40. The number of nitrogens with two attached hydrogens (primary N) is 2. The number of piperidine rings is 1. The molecule has 2 saturated heterocycles. The number of halogens is 2. The number of carboxylic acid groups (broad SMARTS) is 1. The number of aliphatic hydroxyl groups excluding tert-OH is 1. The predicted molar refractivity (Wildman–Crippen MR) is 511 cm³/mol. The number of ether oxygens (including phenoxy) is 3. The van der Waals surface area contributed by atoms with Gasteiger partial charge in [-0.3, -0.25) is 57.6 Å². The molecule has 39 heteroatoms. The van der Waals surface area contributed by atoms with Gasteiger partial charge < -0.3 is 109 Å². The SMILES string of the molecule is CC[C@H](C)[C@@H]([C@@H](CC(=O)N1CCC[C@H]1C[C@@H](C)C(=O)N[C@H](C)[C@@H](O)c1ccccc1)OC)N(C)C(=O)[C@@H](NC(=O)[C@H](C(C)C)N(C)C(=O)OCc1ccc(NC(=O)[C@H](CCCNC(N)=O)NC(=O)[C@@H](NC(=O)[C@H](CCC(=O)O)NC(=O)CCOCCC(=O)NCCNc2ncc(-c3cc(C)cc(F)c3)c(N3CCC(N)CC3)c2-c2nc3ccc(Cl)cc3[nH]2)C(C)C)cc1C(=O)NC)C(C)C. The Morgan fingerprint density at radius 3 is 2.04 bits per heavy atom. The standard InChI is InChI=1S/C96H137ClFN19O18/c1-16-57(9)83(74(133-15)50-77(120)117-39-21-24-67(117)46-58(10)88(124)106-59(11)85(123)60-22-18-17-19-23-60)114(13)94(130)81(54(4)5)113-93(129)82(55(6)7)115(14)96(132)135-52-61-26-28-66(49-68(61)89(125)101-12)107-90(126)71(25-20-36-104-95(100)131)111-92(128)80(53(2)3)112-91(127)72(30-31-78(121)122)108-76(119)35-43-134-42-34-75(118)102-37-38-103-86-79(87-109-70-29-27-63(97)48-73(70)110-87)84(116-40-32-65(99)33-41-116)69(51-105-86)62-44-56(8)45-64(98)47-62/h17-19,22-23,26-29,44-45,47-49,51,53-55,57-59,65,67,71-72,74,80-83,85,123H,16,20-21,24-25,30-43,46,50,52,99H2,1-15H3,(H,101,125)(H,102,118)(H,103,105)(H,106,124)(H,107,126)(H,108,119)(H,109,110)(H,111,128)(H,112,127)(H,113,129)(H,121,122)(H3,100,104,131)/t57-,58+,59+,67-,71-,72-,74+,80-,81-,82-,83-,85+/m0/s1. The van der Waals surface area contributed by atoms with Crippen molar-refractivity contribution in [3.8, 4) is 22.5 Å². The largest absolute Gasteiger partial charge is 0.481 e. The maximum absolute atomic E-state index is 15.1. The third-order valence-corrected chi connectivity index (χ3v) is 24.9. The van der Waals surface area contributed by atoms with E-state index in [1.165, 1.54) is 56.4 Å². The number of methoxy groups -OCH3 is 1. The number of H-pyrrole nitrogens is 1. The van der Waals surface area contributed by atoms with Crippen molar-refractivity contribution in [1.82, 2.24) is 72.2 Å². The predicted octanol–water partition coefficient (Wildman–Crippen LogP) is 8.33. The number of aromatic amines is 1. The minimum absolute atomic E-state index is 0.00285. The highest BCUT2D eigenvalue weighted by molar-refractivity contribution is 6.31. The summed E-state index contributed by atoms with van der Waals surface area (Å²) in [4.78, 5) is 198. The van der Waals surface area contributed by atoms with Crippen LogP contribution in [0, 0.1) is 42.3 Å². The number of rotatable bonds is 50. The molecule has 135 heavy (non-hydrogen) atoms. The Hall–Kier alpha value is -12.1. The van der Waals surface area contributed by atoms with Crippen molar-refractivity contribution < 1.29 is 91.1 Å². The van der Waals surface area contributed by atoms with Gasteiger partial charge in [-0.1, -0.05) is 123 Å². The van der Waals surface area contributed by atoms with Gasteiger partial charge >= 0.3 is 18.1 Å². The summed E-state index contributed by atoms with van der Waals surface area (Å²) in [7, 11) is 5.80. The van der Waals surface area contributed by atoms with Crippen molar-refractivity contribution in [1.29, 1.82) is 0 Å². The molecule has 17 N–H and O–H groups in total. The highest BCUT2D eigenvalue weighted by Gasteiger charge is 2.43. The van der Waals surface area contributed by atoms with E-state index in [2.05, 4.69) is 63.1 Å². The molecule has 2 aliphatic rings. The van der Waals surface area contributed by atoms with Crippen LogP contribution in [0.1, 0.15) is 186 Å². The van der Waals surface area contributed by atoms with Crippen molar-refractivity contribution in [2.24, 2.45) is 41.1 Å². The van der Waals surface area contributed by atoms with Crippen LogP contribution in [-0.2, 0) is 68.8 Å². The molecule has 2 aliphatic heterocycles. The number of carbonyl (C=O) groups excluding carboxylic acids is 12. The molecule has 0 bridgehead atoms. The second kappa shape index (κ2) is 52.1. The lowest BCUT2D eigenvalue weighted by atomic mass is 9.89. The molecule has 738 valence electrons. The number of anilines is 3. The van der Waals surface area contributed by atoms with Crippen LogP contribution in [0.15, 0.2) is 91.1 Å². The van der Waals surface area contributed by atoms with Gasteiger partial charge in [0.25, 0.3) is 5.91 Å². The number of aryl methyl sites for hydroxylation is 1. The maximum atomic E-state index is 15.1. The van der Waals surface area contributed by atoms with Gasteiger partial charge in [0, 0.05) is 138 Å². The Morgan fingerprint density at radius 2 is 1.40 bits per heavy atom. The molecule has 0 aliphatic carbocycles. The Kier molecular flexibility index (Phi) is 41.8. The smallest absolute Gasteiger partial charge is 0.410 e. The van der Waals surface area contributed by atoms with E-state index in [0.717, 1.165) is 22.6 Å². The number of primary amides is 1. The summed E-state index contributed by atoms with van der Waals surface area (Å²) in [5.74, 6) is -9.22. The molecule has 0 radical (unpaired) electrons. The van der Waals surface area contributed by atoms with Crippen molar-refractivity contribution in [3.05, 3.63) is 124 Å². The zero-order chi connectivity index (χ0) is 99.2. The van der Waals surface area contributed by atoms with Crippen molar-refractivity contribution >= 4 is 117 Å². The van der Waals surface area contributed by atoms with Gasteiger partial charge in [-0.2, -0.15) is 0 Å². The first-order chi connectivity index (χ1) is 64.1. The molecule has 2 fully saturated rings. The van der Waals surface area contributed by atoms with Gasteiger partial charge in [-0.15, -0.1) is 0 Å². The average Bonchev–Trinajstić information content (AvgIpc) is 1.68. The number of likely N-dealkylation sites (N-methyl/N-ethyl adjacent to an activating group) is 2. The molecule has 0 saturated carbocycles. The summed E-state index contributed by atoms with van der Waals surface area (Å²) < 4.78 is 32.6. The quantitative estimate of drug-likeness (QED) is 0.0159. The molecule has 0 unspecified atom stereocenters. The number of imidazole rings is 1. The Morgan fingerprint density at radius 1 is 0.719 bits per heavy atom. The van der Waals surface area contributed by atoms with E-state index in [1.807, 2.05) is 45.0 Å². The molecular formula is C96H137ClFN19O18. The summed E-state index contributed by atoms with van der Waals surface area (Å²) in [6.45, 7) is 20.5. The minimum atomic E-state index is -1.49. The van der Waals surface area contributed by atoms with Crippen LogP contribution in [0.4, 0.5) is 31.2 Å². The highest BCUT2D eigenvalue weighted by atomic mass is 35.5. The number of carboxylic acids is 1. The number of hydrogen-bond donors (Lipinski definition) is 15. The van der Waals surface area contributed by atoms with Crippen molar-refractivity contribution in [2.75, 3.05) is 96.3 Å². The van der Waals surface area contributed by atoms with Crippen LogP contribution in [-0.4, -0.2) is 258 Å². The molecular weight excluding hydrogens is 1760 g/mol. The van der Waals surface area contributed by atoms with Gasteiger partial charge in [0.05, 0.1) is 66.2 Å². The summed E-state index contributed by atoms with van der Waals surface area (Å²) in [5.41, 5.74) is 17.3. The molecule has 2 aromatic heterocycles. The van der Waals surface area contributed by atoms with Crippen LogP contribution >= 0.6 is 11.6 Å². The number of aliphatic carboxylic acids is 1. The highest BCUT2D eigenvalue weighted by Crippen LogP contribution is 2.44. The van der Waals surface area contributed by atoms with Gasteiger partial charge in [0.15, 0.2) is 0 Å². The molecule has 8 rings (SSSR count). The number of carbonyl (C=O) groups is 13. The van der Waals surface area contributed by atoms with E-state index in [1.54, 1.807) is 104 Å². The number of aliphatic hydroxyl groups is 1. The van der Waals surface area contributed by atoms with E-state index < -0.39 is 163 Å². The summed E-state index contributed by atoms with van der Waals surface area (Å²) in [6, 6.07) is 14.3. The van der Waals surface area contributed by atoms with Crippen LogP contribution in [0.2, 0.25) is 5.02 Å². The summed E-state index contributed by atoms with van der Waals surface area (Å²) in [5, 5.41) is 48.7. The van der Waals surface area contributed by atoms with Crippen molar-refractivity contribution in [2.45, 2.75) is 233 Å². The first-order valence-corrected chi connectivity index (χ1v) is 46.7. The number of aromatic nitrogens is 3. The summed E-state index contributed by atoms with van der Waals surface area (Å²) in [6.07, 6.45) is 1.24. The molecule has 4 heterocycles. The molecule has 4 aromatic carbocycles. The van der Waals surface area contributed by atoms with Crippen molar-refractivity contribution in [3.63, 3.8) is 0 Å². The maximum Gasteiger partial charge on any atom is 0.410 e.